The van der Waals surface area contributed by atoms with Gasteiger partial charge in [-0.3, -0.25) is 4.57 Å². The second-order valence-electron chi connectivity index (χ2n) is 5.75. The third kappa shape index (κ3) is 7.47. The van der Waals surface area contributed by atoms with E-state index in [1.165, 1.54) is 0 Å². The molecule has 0 aliphatic carbocycles. The van der Waals surface area contributed by atoms with Crippen LogP contribution in [0.5, 0.6) is 17.2 Å². The first-order chi connectivity index (χ1) is 12.6. The standard InChI is InChI=1S/C16H18Br2NO5P.C2H6/c1-9(2)12-7-11(3-4-15(12)20)24-16-13(17)5-10(6-14(16)18)19-8-25(21,22)23;1-2/h3-7,9,19-20H,8H2,1-2H3,(H2,21,22,23);1-2H3. The Morgan fingerprint density at radius 1 is 1.11 bits per heavy atom. The van der Waals surface area contributed by atoms with Gasteiger partial charge in [0.05, 0.1) is 8.95 Å². The normalized spacial score (nSPS) is 11.0. The molecule has 0 heterocycles. The summed E-state index contributed by atoms with van der Waals surface area (Å²) in [4.78, 5) is 17.9. The Labute approximate surface area is 176 Å². The lowest BCUT2D eigenvalue weighted by atomic mass is 10.0. The van der Waals surface area contributed by atoms with E-state index in [9.17, 15) is 9.67 Å². The van der Waals surface area contributed by atoms with Crippen LogP contribution in [0.2, 0.25) is 0 Å². The molecule has 0 radical (unpaired) electrons. The van der Waals surface area contributed by atoms with Crippen LogP contribution in [-0.2, 0) is 4.57 Å². The highest BCUT2D eigenvalue weighted by Crippen LogP contribution is 2.41. The Bertz CT molecular complexity index is 800. The molecule has 0 saturated heterocycles. The van der Waals surface area contributed by atoms with Gasteiger partial charge in [-0.2, -0.15) is 0 Å². The lowest BCUT2D eigenvalue weighted by molar-refractivity contribution is 0.375. The Morgan fingerprint density at radius 2 is 1.67 bits per heavy atom. The smallest absolute Gasteiger partial charge is 0.344 e. The summed E-state index contributed by atoms with van der Waals surface area (Å²) < 4.78 is 18.1. The molecule has 9 heteroatoms. The molecule has 0 atom stereocenters. The van der Waals surface area contributed by atoms with E-state index in [-0.39, 0.29) is 11.7 Å². The van der Waals surface area contributed by atoms with Gasteiger partial charge in [0.25, 0.3) is 0 Å². The maximum absolute atomic E-state index is 11.0. The van der Waals surface area contributed by atoms with Gasteiger partial charge in [-0.05, 0) is 68.1 Å². The minimum atomic E-state index is -4.14. The van der Waals surface area contributed by atoms with E-state index in [2.05, 4.69) is 37.2 Å². The largest absolute Gasteiger partial charge is 0.508 e. The van der Waals surface area contributed by atoms with E-state index < -0.39 is 13.9 Å². The summed E-state index contributed by atoms with van der Waals surface area (Å²) in [7, 11) is -4.14. The predicted molar refractivity (Wildman–Crippen MR) is 116 cm³/mol. The molecule has 0 bridgehead atoms. The Kier molecular flexibility index (Phi) is 9.31. The van der Waals surface area contributed by atoms with Crippen LogP contribution in [0.15, 0.2) is 39.3 Å². The molecule has 0 spiro atoms. The number of halogens is 2. The van der Waals surface area contributed by atoms with Crippen molar-refractivity contribution in [2.75, 3.05) is 11.6 Å². The van der Waals surface area contributed by atoms with Gasteiger partial charge in [0.1, 0.15) is 17.8 Å². The fraction of sp³-hybridized carbons (Fsp3) is 0.333. The van der Waals surface area contributed by atoms with Gasteiger partial charge in [0.15, 0.2) is 5.75 Å². The summed E-state index contributed by atoms with van der Waals surface area (Å²) in [6.45, 7) is 7.96. The highest BCUT2D eigenvalue weighted by molar-refractivity contribution is 9.11. The topological polar surface area (TPSA) is 99.0 Å². The summed E-state index contributed by atoms with van der Waals surface area (Å²) in [6.07, 6.45) is -0.457. The lowest BCUT2D eigenvalue weighted by Gasteiger charge is -2.15. The van der Waals surface area contributed by atoms with Crippen LogP contribution in [0, 0.1) is 0 Å². The molecule has 6 nitrogen and oxygen atoms in total. The number of hydrogen-bond acceptors (Lipinski definition) is 4. The molecular weight excluding hydrogens is 501 g/mol. The number of nitrogens with one attached hydrogen (secondary N) is 1. The minimum Gasteiger partial charge on any atom is -0.508 e. The summed E-state index contributed by atoms with van der Waals surface area (Å²) in [5, 5.41) is 12.6. The number of ether oxygens (including phenoxy) is 1. The molecule has 27 heavy (non-hydrogen) atoms. The Balaban J connectivity index is 0.00000176. The molecule has 150 valence electrons. The maximum Gasteiger partial charge on any atom is 0.344 e. The number of rotatable bonds is 6. The summed E-state index contributed by atoms with van der Waals surface area (Å²) in [5.74, 6) is 1.45. The first kappa shape index (κ1) is 24.0. The molecule has 0 saturated carbocycles. The molecule has 2 rings (SSSR count). The van der Waals surface area contributed by atoms with Crippen LogP contribution >= 0.6 is 39.5 Å². The summed E-state index contributed by atoms with van der Waals surface area (Å²) in [5.41, 5.74) is 1.31. The molecule has 0 amide bonds. The molecule has 0 unspecified atom stereocenters. The van der Waals surface area contributed by atoms with Crippen LogP contribution in [0.1, 0.15) is 39.2 Å². The van der Waals surface area contributed by atoms with E-state index in [1.54, 1.807) is 30.3 Å². The van der Waals surface area contributed by atoms with Crippen molar-refractivity contribution in [1.29, 1.82) is 0 Å². The number of phenols is 1. The number of phenolic OH excluding ortho intramolecular Hbond substituents is 1. The van der Waals surface area contributed by atoms with Crippen molar-refractivity contribution >= 4 is 45.1 Å². The van der Waals surface area contributed by atoms with E-state index >= 15 is 0 Å². The summed E-state index contributed by atoms with van der Waals surface area (Å²) >= 11 is 6.80. The van der Waals surface area contributed by atoms with Crippen LogP contribution in [0.25, 0.3) is 0 Å². The monoisotopic (exact) mass is 523 g/mol. The fourth-order valence-corrected chi connectivity index (χ4v) is 3.87. The molecular formula is C18H24Br2NO5P. The second kappa shape index (κ2) is 10.5. The van der Waals surface area contributed by atoms with Crippen molar-refractivity contribution in [3.05, 3.63) is 44.8 Å². The quantitative estimate of drug-likeness (QED) is 0.326. The van der Waals surface area contributed by atoms with Crippen molar-refractivity contribution < 1.29 is 24.2 Å². The average molecular weight is 525 g/mol. The van der Waals surface area contributed by atoms with E-state index in [0.29, 0.717) is 26.1 Å². The molecule has 0 aliphatic heterocycles. The van der Waals surface area contributed by atoms with Crippen molar-refractivity contribution in [3.63, 3.8) is 0 Å². The molecule has 4 N–H and O–H groups in total. The van der Waals surface area contributed by atoms with Gasteiger partial charge in [-0.25, -0.2) is 0 Å². The Hall–Kier alpha value is -1.05. The van der Waals surface area contributed by atoms with Gasteiger partial charge in [-0.15, -0.1) is 0 Å². The predicted octanol–water partition coefficient (Wildman–Crippen LogP) is 6.41. The van der Waals surface area contributed by atoms with E-state index in [0.717, 1.165) is 5.56 Å². The zero-order valence-electron chi connectivity index (χ0n) is 15.5. The van der Waals surface area contributed by atoms with Crippen LogP contribution in [0.3, 0.4) is 0 Å². The van der Waals surface area contributed by atoms with Crippen molar-refractivity contribution in [2.45, 2.75) is 33.6 Å². The number of anilines is 1. The lowest BCUT2D eigenvalue weighted by Crippen LogP contribution is -2.02. The molecule has 0 aliphatic rings. The zero-order chi connectivity index (χ0) is 20.8. The molecule has 2 aromatic carbocycles. The van der Waals surface area contributed by atoms with Crippen LogP contribution in [0.4, 0.5) is 5.69 Å². The van der Waals surface area contributed by atoms with E-state index in [1.807, 2.05) is 27.7 Å². The highest BCUT2D eigenvalue weighted by atomic mass is 79.9. The van der Waals surface area contributed by atoms with Gasteiger partial charge in [0.2, 0.25) is 0 Å². The molecule has 2 aromatic rings. The van der Waals surface area contributed by atoms with Crippen molar-refractivity contribution in [2.24, 2.45) is 0 Å². The zero-order valence-corrected chi connectivity index (χ0v) is 19.6. The second-order valence-corrected chi connectivity index (χ2v) is 9.10. The van der Waals surface area contributed by atoms with Gasteiger partial charge in [0, 0.05) is 11.3 Å². The average Bonchev–Trinajstić information content (AvgIpc) is 2.58. The number of aromatic hydroxyl groups is 1. The third-order valence-corrected chi connectivity index (χ3v) is 5.08. The highest BCUT2D eigenvalue weighted by Gasteiger charge is 2.15. The SMILES string of the molecule is CC.CC(C)c1cc(Oc2c(Br)cc(NCP(=O)(O)O)cc2Br)ccc1O. The minimum absolute atomic E-state index is 0.148. The number of hydrogen-bond donors (Lipinski definition) is 4. The first-order valence-electron chi connectivity index (χ1n) is 8.35. The third-order valence-electron chi connectivity index (χ3n) is 3.33. The fourth-order valence-electron chi connectivity index (χ4n) is 2.13. The molecule has 0 aromatic heterocycles. The van der Waals surface area contributed by atoms with Crippen LogP contribution < -0.4 is 10.1 Å². The van der Waals surface area contributed by atoms with Crippen molar-refractivity contribution in [1.82, 2.24) is 0 Å². The van der Waals surface area contributed by atoms with Crippen LogP contribution in [-0.4, -0.2) is 21.2 Å². The number of benzene rings is 2. The summed E-state index contributed by atoms with van der Waals surface area (Å²) in [6, 6.07) is 8.36. The van der Waals surface area contributed by atoms with Gasteiger partial charge >= 0.3 is 7.60 Å². The van der Waals surface area contributed by atoms with E-state index in [4.69, 9.17) is 14.5 Å². The molecule has 0 fully saturated rings. The van der Waals surface area contributed by atoms with Gasteiger partial charge < -0.3 is 24.9 Å². The van der Waals surface area contributed by atoms with Crippen molar-refractivity contribution in [3.8, 4) is 17.2 Å². The maximum atomic E-state index is 11.0. The first-order valence-corrected chi connectivity index (χ1v) is 11.7. The Morgan fingerprint density at radius 3 is 2.15 bits per heavy atom. The van der Waals surface area contributed by atoms with Gasteiger partial charge in [-0.1, -0.05) is 27.7 Å².